The fourth-order valence-electron chi connectivity index (χ4n) is 1.18. The second-order valence-electron chi connectivity index (χ2n) is 5.67. The van der Waals surface area contributed by atoms with Crippen molar-refractivity contribution in [1.29, 1.82) is 0 Å². The first-order chi connectivity index (χ1) is 8.24. The highest BCUT2D eigenvalue weighted by Gasteiger charge is 2.24. The summed E-state index contributed by atoms with van der Waals surface area (Å²) in [6, 6.07) is 1.11. The van der Waals surface area contributed by atoms with E-state index in [1.807, 2.05) is 0 Å². The van der Waals surface area contributed by atoms with Gasteiger partial charge in [-0.2, -0.15) is 0 Å². The molecule has 5 nitrogen and oxygen atoms in total. The molecule has 1 aromatic heterocycles. The highest BCUT2D eigenvalue weighted by atomic mass is 28.3. The maximum atomic E-state index is 9.78. The van der Waals surface area contributed by atoms with Crippen molar-refractivity contribution in [3.8, 4) is 12.3 Å². The van der Waals surface area contributed by atoms with Crippen molar-refractivity contribution in [3.05, 3.63) is 12.2 Å². The Bertz CT molecular complexity index is 429. The minimum absolute atomic E-state index is 0.221. The molecule has 18 heavy (non-hydrogen) atoms. The van der Waals surface area contributed by atoms with Crippen molar-refractivity contribution in [2.75, 3.05) is 6.61 Å². The van der Waals surface area contributed by atoms with Crippen LogP contribution in [0.4, 0.5) is 0 Å². The third kappa shape index (κ3) is 4.60. The number of aromatic nitrogens is 3. The maximum absolute atomic E-state index is 9.78. The number of ether oxygens (including phenoxy) is 1. The number of aliphatic hydroxyl groups is 1. The third-order valence-electron chi connectivity index (χ3n) is 2.47. The van der Waals surface area contributed by atoms with E-state index in [1.54, 1.807) is 0 Å². The minimum atomic E-state index is -1.43. The highest BCUT2D eigenvalue weighted by molar-refractivity contribution is 6.76. The molecule has 0 spiro atoms. The molecule has 1 unspecified atom stereocenters. The molecule has 1 rings (SSSR count). The summed E-state index contributed by atoms with van der Waals surface area (Å²) in [5.41, 5.74) is -1.43. The molecule has 1 atom stereocenters. The van der Waals surface area contributed by atoms with Crippen LogP contribution < -0.4 is 0 Å². The summed E-state index contributed by atoms with van der Waals surface area (Å²) in [6.45, 7) is 9.43. The fraction of sp³-hybridized carbons (Fsp3) is 0.667. The lowest BCUT2D eigenvalue weighted by Crippen LogP contribution is -2.22. The standard InChI is InChI=1S/C12H21N3O2Si/c1-6-12(2,16)11-13-9-15(14-11)10-17-7-8-18(3,4)5/h1,9,16H,7-8,10H2,2-5H3. The van der Waals surface area contributed by atoms with E-state index >= 15 is 0 Å². The monoisotopic (exact) mass is 267 g/mol. The van der Waals surface area contributed by atoms with Crippen LogP contribution >= 0.6 is 0 Å². The molecule has 0 fully saturated rings. The lowest BCUT2D eigenvalue weighted by molar-refractivity contribution is 0.0745. The molecule has 0 aliphatic rings. The lowest BCUT2D eigenvalue weighted by Gasteiger charge is -2.15. The maximum Gasteiger partial charge on any atom is 0.194 e. The number of hydrogen-bond donors (Lipinski definition) is 1. The Morgan fingerprint density at radius 2 is 2.22 bits per heavy atom. The molecular weight excluding hydrogens is 246 g/mol. The molecule has 0 aromatic carbocycles. The molecule has 0 aliphatic carbocycles. The van der Waals surface area contributed by atoms with E-state index in [-0.39, 0.29) is 5.82 Å². The van der Waals surface area contributed by atoms with Gasteiger partial charge in [0.1, 0.15) is 13.1 Å². The average molecular weight is 267 g/mol. The third-order valence-corrected chi connectivity index (χ3v) is 4.18. The van der Waals surface area contributed by atoms with Gasteiger partial charge in [-0.3, -0.25) is 0 Å². The first-order valence-corrected chi connectivity index (χ1v) is 9.63. The Balaban J connectivity index is 2.44. The molecule has 1 N–H and O–H groups in total. The fourth-order valence-corrected chi connectivity index (χ4v) is 1.94. The van der Waals surface area contributed by atoms with Crippen molar-refractivity contribution in [1.82, 2.24) is 14.8 Å². The summed E-state index contributed by atoms with van der Waals surface area (Å²) < 4.78 is 7.05. The topological polar surface area (TPSA) is 60.2 Å². The van der Waals surface area contributed by atoms with E-state index in [0.717, 1.165) is 12.7 Å². The Morgan fingerprint density at radius 1 is 1.56 bits per heavy atom. The van der Waals surface area contributed by atoms with Gasteiger partial charge in [-0.1, -0.05) is 25.6 Å². The molecule has 100 valence electrons. The molecule has 0 aliphatic heterocycles. The summed E-state index contributed by atoms with van der Waals surface area (Å²) in [5.74, 6) is 2.46. The van der Waals surface area contributed by atoms with Crippen LogP contribution in [0.2, 0.25) is 25.7 Å². The molecule has 1 heterocycles. The summed E-state index contributed by atoms with van der Waals surface area (Å²) in [6.07, 6.45) is 6.71. The quantitative estimate of drug-likeness (QED) is 0.481. The Hall–Kier alpha value is -1.16. The number of nitrogens with zero attached hydrogens (tertiary/aromatic N) is 3. The molecule has 0 radical (unpaired) electrons. The lowest BCUT2D eigenvalue weighted by atomic mass is 10.1. The van der Waals surface area contributed by atoms with Crippen LogP contribution in [0.25, 0.3) is 0 Å². The van der Waals surface area contributed by atoms with Crippen LogP contribution in [0.3, 0.4) is 0 Å². The van der Waals surface area contributed by atoms with Gasteiger partial charge in [0.2, 0.25) is 0 Å². The SMILES string of the molecule is C#CC(C)(O)c1ncn(COCC[Si](C)(C)C)n1. The van der Waals surface area contributed by atoms with Crippen LogP contribution in [-0.4, -0.2) is 34.6 Å². The zero-order valence-corrected chi connectivity index (χ0v) is 12.5. The van der Waals surface area contributed by atoms with Crippen molar-refractivity contribution in [3.63, 3.8) is 0 Å². The molecule has 0 saturated heterocycles. The number of hydrogen-bond acceptors (Lipinski definition) is 4. The average Bonchev–Trinajstić information content (AvgIpc) is 2.72. The molecule has 0 saturated carbocycles. The van der Waals surface area contributed by atoms with Gasteiger partial charge in [0.25, 0.3) is 0 Å². The summed E-state index contributed by atoms with van der Waals surface area (Å²) in [5, 5.41) is 13.9. The van der Waals surface area contributed by atoms with E-state index in [2.05, 4.69) is 35.6 Å². The predicted octanol–water partition coefficient (Wildman–Crippen LogP) is 1.43. The van der Waals surface area contributed by atoms with Gasteiger partial charge in [-0.05, 0) is 13.0 Å². The second-order valence-corrected chi connectivity index (χ2v) is 11.3. The van der Waals surface area contributed by atoms with Gasteiger partial charge in [-0.15, -0.1) is 11.5 Å². The van der Waals surface area contributed by atoms with Gasteiger partial charge in [-0.25, -0.2) is 9.67 Å². The van der Waals surface area contributed by atoms with Crippen molar-refractivity contribution in [2.45, 2.75) is 44.9 Å². The molecular formula is C12H21N3O2Si. The van der Waals surface area contributed by atoms with Crippen LogP contribution in [-0.2, 0) is 17.1 Å². The van der Waals surface area contributed by atoms with Gasteiger partial charge in [0.15, 0.2) is 11.4 Å². The largest absolute Gasteiger partial charge is 0.371 e. The Labute approximate surface area is 109 Å². The van der Waals surface area contributed by atoms with E-state index in [9.17, 15) is 5.11 Å². The smallest absolute Gasteiger partial charge is 0.194 e. The van der Waals surface area contributed by atoms with E-state index < -0.39 is 13.7 Å². The summed E-state index contributed by atoms with van der Waals surface area (Å²) >= 11 is 0. The van der Waals surface area contributed by atoms with E-state index in [4.69, 9.17) is 11.2 Å². The minimum Gasteiger partial charge on any atom is -0.371 e. The van der Waals surface area contributed by atoms with Crippen LogP contribution in [0.15, 0.2) is 6.33 Å². The van der Waals surface area contributed by atoms with Gasteiger partial charge in [0, 0.05) is 14.7 Å². The van der Waals surface area contributed by atoms with Crippen molar-refractivity contribution in [2.24, 2.45) is 0 Å². The second kappa shape index (κ2) is 5.65. The number of terminal acetylenes is 1. The molecule has 0 amide bonds. The van der Waals surface area contributed by atoms with Crippen LogP contribution in [0, 0.1) is 12.3 Å². The zero-order chi connectivity index (χ0) is 13.8. The summed E-state index contributed by atoms with van der Waals surface area (Å²) in [7, 11) is -1.06. The van der Waals surface area contributed by atoms with Crippen molar-refractivity contribution < 1.29 is 9.84 Å². The van der Waals surface area contributed by atoms with Gasteiger partial charge >= 0.3 is 0 Å². The Kier molecular flexibility index (Phi) is 4.68. The van der Waals surface area contributed by atoms with Gasteiger partial charge in [0.05, 0.1) is 0 Å². The molecule has 1 aromatic rings. The predicted molar refractivity (Wildman–Crippen MR) is 72.5 cm³/mol. The normalized spacial score (nSPS) is 15.1. The molecule has 0 bridgehead atoms. The first-order valence-electron chi connectivity index (χ1n) is 5.92. The highest BCUT2D eigenvalue weighted by Crippen LogP contribution is 2.14. The van der Waals surface area contributed by atoms with E-state index in [0.29, 0.717) is 6.73 Å². The van der Waals surface area contributed by atoms with Gasteiger partial charge < -0.3 is 9.84 Å². The van der Waals surface area contributed by atoms with Crippen molar-refractivity contribution >= 4 is 8.07 Å². The number of rotatable bonds is 6. The Morgan fingerprint density at radius 3 is 2.78 bits per heavy atom. The van der Waals surface area contributed by atoms with E-state index in [1.165, 1.54) is 17.9 Å². The van der Waals surface area contributed by atoms with Crippen LogP contribution in [0.5, 0.6) is 0 Å². The first kappa shape index (κ1) is 14.9. The zero-order valence-electron chi connectivity index (χ0n) is 11.5. The summed E-state index contributed by atoms with van der Waals surface area (Å²) in [4.78, 5) is 3.97. The molecule has 6 heteroatoms. The van der Waals surface area contributed by atoms with Crippen LogP contribution in [0.1, 0.15) is 12.7 Å².